The van der Waals surface area contributed by atoms with Crippen molar-refractivity contribution in [2.75, 3.05) is 0 Å². The van der Waals surface area contributed by atoms with Crippen molar-refractivity contribution in [2.45, 2.75) is 39.2 Å². The molecule has 2 heterocycles. The van der Waals surface area contributed by atoms with Gasteiger partial charge in [-0.3, -0.25) is 4.79 Å². The third kappa shape index (κ3) is 2.21. The van der Waals surface area contributed by atoms with Crippen molar-refractivity contribution >= 4 is 11.9 Å². The molecule has 1 saturated carbocycles. The van der Waals surface area contributed by atoms with E-state index in [2.05, 4.69) is 13.0 Å². The molecular formula is C20H22O5. The van der Waals surface area contributed by atoms with Crippen molar-refractivity contribution in [3.05, 3.63) is 48.0 Å². The molecule has 0 radical (unpaired) electrons. The second kappa shape index (κ2) is 5.35. The van der Waals surface area contributed by atoms with Gasteiger partial charge in [0.25, 0.3) is 0 Å². The van der Waals surface area contributed by atoms with Crippen LogP contribution >= 0.6 is 0 Å². The largest absolute Gasteiger partial charge is 0.478 e. The van der Waals surface area contributed by atoms with Crippen LogP contribution in [0.5, 0.6) is 0 Å². The van der Waals surface area contributed by atoms with Gasteiger partial charge >= 0.3 is 11.9 Å². The van der Waals surface area contributed by atoms with Crippen molar-refractivity contribution in [1.29, 1.82) is 0 Å². The summed E-state index contributed by atoms with van der Waals surface area (Å²) in [4.78, 5) is 24.5. The molecule has 25 heavy (non-hydrogen) atoms. The third-order valence-electron chi connectivity index (χ3n) is 6.64. The Labute approximate surface area is 146 Å². The van der Waals surface area contributed by atoms with Gasteiger partial charge in [-0.15, -0.1) is 0 Å². The van der Waals surface area contributed by atoms with E-state index in [9.17, 15) is 14.7 Å². The molecule has 132 valence electrons. The van der Waals surface area contributed by atoms with E-state index in [0.717, 1.165) is 5.56 Å². The zero-order valence-electron chi connectivity index (χ0n) is 14.4. The van der Waals surface area contributed by atoms with Gasteiger partial charge in [-0.2, -0.15) is 0 Å². The molecule has 0 amide bonds. The number of cyclic esters (lactones) is 1. The number of esters is 1. The van der Waals surface area contributed by atoms with Crippen LogP contribution in [0.4, 0.5) is 0 Å². The van der Waals surface area contributed by atoms with Gasteiger partial charge in [0.1, 0.15) is 6.10 Å². The van der Waals surface area contributed by atoms with Crippen molar-refractivity contribution in [1.82, 2.24) is 0 Å². The van der Waals surface area contributed by atoms with Crippen molar-refractivity contribution in [3.8, 4) is 0 Å². The van der Waals surface area contributed by atoms with Crippen LogP contribution < -0.4 is 0 Å². The highest BCUT2D eigenvalue weighted by Gasteiger charge is 2.60. The second-order valence-corrected chi connectivity index (χ2v) is 7.95. The molecule has 5 atom stereocenters. The molecule has 1 saturated heterocycles. The van der Waals surface area contributed by atoms with E-state index < -0.39 is 11.4 Å². The molecule has 1 N–H and O–H groups in total. The molecule has 5 heteroatoms. The highest BCUT2D eigenvalue weighted by molar-refractivity contribution is 5.89. The van der Waals surface area contributed by atoms with Crippen LogP contribution in [0.15, 0.2) is 46.8 Å². The number of aliphatic carboxylic acids is 1. The van der Waals surface area contributed by atoms with E-state index in [1.165, 1.54) is 0 Å². The fraction of sp³-hybridized carbons (Fsp3) is 0.500. The molecule has 2 aliphatic carbocycles. The fourth-order valence-electron chi connectivity index (χ4n) is 5.34. The summed E-state index contributed by atoms with van der Waals surface area (Å²) in [7, 11) is 0. The van der Waals surface area contributed by atoms with Gasteiger partial charge < -0.3 is 14.3 Å². The lowest BCUT2D eigenvalue weighted by molar-refractivity contribution is -0.186. The number of rotatable bonds is 2. The molecule has 3 aliphatic rings. The normalized spacial score (nSPS) is 39.8. The zero-order chi connectivity index (χ0) is 17.8. The van der Waals surface area contributed by atoms with Crippen LogP contribution in [-0.4, -0.2) is 17.0 Å². The highest BCUT2D eigenvalue weighted by Crippen LogP contribution is 2.63. The van der Waals surface area contributed by atoms with Crippen LogP contribution in [0.25, 0.3) is 0 Å². The van der Waals surface area contributed by atoms with Gasteiger partial charge in [-0.05, 0) is 36.7 Å². The first-order chi connectivity index (χ1) is 11.9. The Balaban J connectivity index is 1.75. The molecule has 5 nitrogen and oxygen atoms in total. The molecule has 1 aliphatic heterocycles. The molecule has 0 unspecified atom stereocenters. The molecule has 2 fully saturated rings. The average Bonchev–Trinajstić information content (AvgIpc) is 3.07. The Morgan fingerprint density at radius 1 is 1.36 bits per heavy atom. The summed E-state index contributed by atoms with van der Waals surface area (Å²) in [6.45, 7) is 4.14. The number of ether oxygens (including phenoxy) is 1. The lowest BCUT2D eigenvalue weighted by Crippen LogP contribution is -2.55. The monoisotopic (exact) mass is 342 g/mol. The summed E-state index contributed by atoms with van der Waals surface area (Å²) < 4.78 is 10.9. The minimum Gasteiger partial charge on any atom is -0.478 e. The fourth-order valence-corrected chi connectivity index (χ4v) is 5.34. The van der Waals surface area contributed by atoms with Gasteiger partial charge in [0.15, 0.2) is 0 Å². The molecule has 0 bridgehead atoms. The summed E-state index contributed by atoms with van der Waals surface area (Å²) in [5.74, 6) is -1.27. The maximum atomic E-state index is 12.7. The molecular weight excluding hydrogens is 320 g/mol. The van der Waals surface area contributed by atoms with Crippen LogP contribution in [-0.2, 0) is 14.3 Å². The molecule has 0 aromatic carbocycles. The third-order valence-corrected chi connectivity index (χ3v) is 6.64. The SMILES string of the molecule is C[C@]12C[C@@H](c3ccoc3)OC(=O)[C@@H]1CC[C@@]1(C)C(C(=O)O)=CC=C[C@@H]21. The quantitative estimate of drug-likeness (QED) is 0.825. The van der Waals surface area contributed by atoms with E-state index >= 15 is 0 Å². The van der Waals surface area contributed by atoms with Crippen molar-refractivity contribution in [2.24, 2.45) is 22.7 Å². The molecule has 1 aromatic heterocycles. The van der Waals surface area contributed by atoms with Crippen LogP contribution in [0.2, 0.25) is 0 Å². The predicted octanol–water partition coefficient (Wildman–Crippen LogP) is 3.89. The number of carboxylic acids is 1. The average molecular weight is 342 g/mol. The summed E-state index contributed by atoms with van der Waals surface area (Å²) >= 11 is 0. The first-order valence-electron chi connectivity index (χ1n) is 8.71. The van der Waals surface area contributed by atoms with Gasteiger partial charge in [-0.25, -0.2) is 4.79 Å². The lowest BCUT2D eigenvalue weighted by atomic mass is 9.47. The molecule has 1 aromatic rings. The summed E-state index contributed by atoms with van der Waals surface area (Å²) in [5, 5.41) is 9.67. The second-order valence-electron chi connectivity index (χ2n) is 7.95. The summed E-state index contributed by atoms with van der Waals surface area (Å²) in [5.41, 5.74) is 0.479. The van der Waals surface area contributed by atoms with E-state index in [1.54, 1.807) is 18.6 Å². The minimum absolute atomic E-state index is 0.0166. The number of allylic oxidation sites excluding steroid dienone is 3. The van der Waals surface area contributed by atoms with Crippen molar-refractivity contribution in [3.63, 3.8) is 0 Å². The Morgan fingerprint density at radius 3 is 2.84 bits per heavy atom. The first kappa shape index (κ1) is 16.2. The number of hydrogen-bond acceptors (Lipinski definition) is 4. The highest BCUT2D eigenvalue weighted by atomic mass is 16.5. The van der Waals surface area contributed by atoms with Crippen LogP contribution in [0.1, 0.15) is 44.8 Å². The zero-order valence-corrected chi connectivity index (χ0v) is 14.4. The number of carboxylic acid groups (broad SMARTS) is 1. The first-order valence-corrected chi connectivity index (χ1v) is 8.71. The van der Waals surface area contributed by atoms with Crippen LogP contribution in [0.3, 0.4) is 0 Å². The van der Waals surface area contributed by atoms with Gasteiger partial charge in [-0.1, -0.05) is 32.1 Å². The van der Waals surface area contributed by atoms with Crippen LogP contribution in [0, 0.1) is 22.7 Å². The number of carbonyl (C=O) groups excluding carboxylic acids is 1. The minimum atomic E-state index is -0.872. The summed E-state index contributed by atoms with van der Waals surface area (Å²) in [6, 6.07) is 1.82. The Kier molecular flexibility index (Phi) is 3.46. The van der Waals surface area contributed by atoms with Gasteiger partial charge in [0.2, 0.25) is 0 Å². The smallest absolute Gasteiger partial charge is 0.332 e. The van der Waals surface area contributed by atoms with E-state index in [4.69, 9.17) is 9.15 Å². The topological polar surface area (TPSA) is 76.7 Å². The Morgan fingerprint density at radius 2 is 2.16 bits per heavy atom. The Bertz CT molecular complexity index is 774. The maximum Gasteiger partial charge on any atom is 0.332 e. The van der Waals surface area contributed by atoms with Crippen molar-refractivity contribution < 1.29 is 23.8 Å². The van der Waals surface area contributed by atoms with Gasteiger partial charge in [0, 0.05) is 16.6 Å². The van der Waals surface area contributed by atoms with Gasteiger partial charge in [0.05, 0.1) is 18.4 Å². The lowest BCUT2D eigenvalue weighted by Gasteiger charge is -2.57. The Hall–Kier alpha value is -2.30. The summed E-state index contributed by atoms with van der Waals surface area (Å²) in [6.07, 6.45) is 10.5. The molecule has 0 spiro atoms. The number of carbonyl (C=O) groups is 2. The molecule has 4 rings (SSSR count). The number of hydrogen-bond donors (Lipinski definition) is 1. The number of fused-ring (bicyclic) bond motifs is 3. The van der Waals surface area contributed by atoms with E-state index in [0.29, 0.717) is 24.8 Å². The predicted molar refractivity (Wildman–Crippen MR) is 89.4 cm³/mol. The van der Waals surface area contributed by atoms with E-state index in [-0.39, 0.29) is 29.3 Å². The number of furan rings is 1. The maximum absolute atomic E-state index is 12.7. The standard InChI is InChI=1S/C20H22O5/c1-19-8-6-14-18(23)25-15(12-7-9-24-11-12)10-20(14,2)16(19)5-3-4-13(19)17(21)22/h3-5,7,9,11,14-16H,6,8,10H2,1-2H3,(H,21,22)/t14-,15-,16+,19-,20-/m0/s1. The van der Waals surface area contributed by atoms with E-state index in [1.807, 2.05) is 19.1 Å².